The van der Waals surface area contributed by atoms with E-state index in [1.54, 1.807) is 4.72 Å². The smallest absolute Gasteiger partial charge is 0.417 e. The van der Waals surface area contributed by atoms with Crippen molar-refractivity contribution >= 4 is 48.7 Å². The van der Waals surface area contributed by atoms with Gasteiger partial charge in [0.15, 0.2) is 11.4 Å². The number of sulfonamides is 2. The van der Waals surface area contributed by atoms with Crippen molar-refractivity contribution in [2.45, 2.75) is 49.1 Å². The number of halogens is 5. The minimum absolute atomic E-state index is 0.0559. The van der Waals surface area contributed by atoms with Crippen LogP contribution >= 0.6 is 0 Å². The molecule has 0 fully saturated rings. The Morgan fingerprint density at radius 1 is 0.982 bits per heavy atom. The van der Waals surface area contributed by atoms with E-state index in [-0.39, 0.29) is 23.1 Å². The molecule has 0 saturated carbocycles. The number of alkyl halides is 5. The Balaban J connectivity index is 0.000000313. The Kier molecular flexibility index (Phi) is 14.0. The van der Waals surface area contributed by atoms with E-state index in [1.807, 2.05) is 13.8 Å². The van der Waals surface area contributed by atoms with E-state index in [1.165, 1.54) is 25.3 Å². The number of nitro benzene ring substituents is 2. The summed E-state index contributed by atoms with van der Waals surface area (Å²) in [5.41, 5.74) is -3.18. The number of nitrogens with two attached hydrogens (primary N) is 1. The molecule has 0 spiro atoms. The Morgan fingerprint density at radius 3 is 2.02 bits per heavy atom. The van der Waals surface area contributed by atoms with Crippen molar-refractivity contribution in [2.75, 3.05) is 43.5 Å². The number of benzene rings is 2. The van der Waals surface area contributed by atoms with Crippen molar-refractivity contribution < 1.29 is 62.8 Å². The molecular weight excluding hydrogens is 797 g/mol. The lowest BCUT2D eigenvalue weighted by Gasteiger charge is -2.23. The Bertz CT molecular complexity index is 2180. The number of nitro groups is 2. The number of hydrogen-bond acceptors (Lipinski definition) is 15. The molecule has 20 nitrogen and oxygen atoms in total. The van der Waals surface area contributed by atoms with Gasteiger partial charge in [0.25, 0.3) is 22.4 Å². The third kappa shape index (κ3) is 10.5. The molecule has 0 saturated heterocycles. The fourth-order valence-electron chi connectivity index (χ4n) is 4.83. The topological polar surface area (TPSA) is 267 Å². The third-order valence-corrected chi connectivity index (χ3v) is 9.22. The van der Waals surface area contributed by atoms with Gasteiger partial charge in [0.05, 0.1) is 40.7 Å². The van der Waals surface area contributed by atoms with E-state index in [2.05, 4.69) is 19.8 Å². The summed E-state index contributed by atoms with van der Waals surface area (Å²) < 4.78 is 131. The predicted octanol–water partition coefficient (Wildman–Crippen LogP) is 4.38. The Hall–Kier alpha value is -5.70. The van der Waals surface area contributed by atoms with Crippen LogP contribution in [0.1, 0.15) is 32.3 Å². The molecule has 2 aromatic carbocycles. The molecule has 0 aliphatic carbocycles. The van der Waals surface area contributed by atoms with Gasteiger partial charge in [-0.2, -0.15) is 27.7 Å². The van der Waals surface area contributed by atoms with Crippen LogP contribution in [0.5, 0.6) is 17.5 Å². The molecule has 0 bridgehead atoms. The molecule has 2 heterocycles. The lowest BCUT2D eigenvalue weighted by atomic mass is 10.2. The number of nitrogens with one attached hydrogen (secondary N) is 1. The summed E-state index contributed by atoms with van der Waals surface area (Å²) in [5, 5.41) is 31.4. The number of methoxy groups -OCH3 is 2. The van der Waals surface area contributed by atoms with Crippen LogP contribution in [0.3, 0.4) is 0 Å². The summed E-state index contributed by atoms with van der Waals surface area (Å²) in [4.78, 5) is 28.1. The zero-order chi connectivity index (χ0) is 41.5. The molecule has 0 atom stereocenters. The minimum Gasteiger partial charge on any atom is -0.491 e. The number of rotatable bonds is 16. The van der Waals surface area contributed by atoms with Gasteiger partial charge in [0, 0.05) is 25.2 Å². The van der Waals surface area contributed by atoms with Crippen LogP contribution in [0.15, 0.2) is 46.3 Å². The Morgan fingerprint density at radius 2 is 1.56 bits per heavy atom. The van der Waals surface area contributed by atoms with E-state index < -0.39 is 87.5 Å². The number of aromatic nitrogens is 4. The first-order chi connectivity index (χ1) is 25.6. The fraction of sp³-hybridized carbons (Fsp3) is 0.393. The van der Waals surface area contributed by atoms with Crippen LogP contribution in [-0.4, -0.2) is 86.6 Å². The zero-order valence-corrected chi connectivity index (χ0v) is 30.6. The second-order valence-electron chi connectivity index (χ2n) is 10.8. The first-order valence-corrected chi connectivity index (χ1v) is 18.4. The van der Waals surface area contributed by atoms with E-state index >= 15 is 0 Å². The minimum atomic E-state index is -5.14. The number of ether oxygens (including phenoxy) is 3. The van der Waals surface area contributed by atoms with Crippen LogP contribution in [-0.2, 0) is 26.2 Å². The maximum absolute atomic E-state index is 13.5. The molecule has 27 heteroatoms. The van der Waals surface area contributed by atoms with Gasteiger partial charge in [-0.05, 0) is 25.0 Å². The van der Waals surface area contributed by atoms with Crippen molar-refractivity contribution in [3.63, 3.8) is 0 Å². The summed E-state index contributed by atoms with van der Waals surface area (Å²) in [6.45, 7) is 3.07. The van der Waals surface area contributed by atoms with Crippen molar-refractivity contribution in [2.24, 2.45) is 5.14 Å². The maximum atomic E-state index is 13.5. The number of anilines is 2. The molecule has 0 aliphatic heterocycles. The molecule has 302 valence electrons. The van der Waals surface area contributed by atoms with Gasteiger partial charge in [-0.25, -0.2) is 35.5 Å². The number of fused-ring (bicyclic) bond motifs is 1. The van der Waals surface area contributed by atoms with Gasteiger partial charge in [-0.1, -0.05) is 19.9 Å². The van der Waals surface area contributed by atoms with Crippen LogP contribution in [0.4, 0.5) is 45.0 Å². The van der Waals surface area contributed by atoms with Crippen molar-refractivity contribution in [3.05, 3.63) is 62.3 Å². The van der Waals surface area contributed by atoms with Gasteiger partial charge < -0.3 is 19.1 Å². The van der Waals surface area contributed by atoms with Gasteiger partial charge in [-0.3, -0.25) is 20.2 Å². The zero-order valence-electron chi connectivity index (χ0n) is 29.0. The molecule has 55 heavy (non-hydrogen) atoms. The first-order valence-electron chi connectivity index (χ1n) is 15.3. The lowest BCUT2D eigenvalue weighted by Crippen LogP contribution is -2.27. The fourth-order valence-corrected chi connectivity index (χ4v) is 6.68. The van der Waals surface area contributed by atoms with Crippen LogP contribution < -0.4 is 29.0 Å². The molecule has 0 amide bonds. The quantitative estimate of drug-likeness (QED) is 0.0901. The highest BCUT2D eigenvalue weighted by Crippen LogP contribution is 2.41. The van der Waals surface area contributed by atoms with Crippen LogP contribution in [0.2, 0.25) is 0 Å². The molecule has 0 unspecified atom stereocenters. The number of nitrogens with zero attached hydrogens (tertiary/aromatic N) is 7. The molecular formula is C28H32F5N9O11S2. The molecule has 3 N–H and O–H groups in total. The molecule has 4 rings (SSSR count). The highest BCUT2D eigenvalue weighted by molar-refractivity contribution is 7.92. The lowest BCUT2D eigenvalue weighted by molar-refractivity contribution is -0.393. The predicted molar refractivity (Wildman–Crippen MR) is 182 cm³/mol. The van der Waals surface area contributed by atoms with Crippen molar-refractivity contribution in [1.82, 2.24) is 19.6 Å². The summed E-state index contributed by atoms with van der Waals surface area (Å²) in [5.74, 6) is -1.53. The third-order valence-electron chi connectivity index (χ3n) is 6.92. The first kappa shape index (κ1) is 43.7. The second-order valence-corrected chi connectivity index (χ2v) is 14.0. The molecule has 0 aliphatic rings. The normalized spacial score (nSPS) is 11.8. The average molecular weight is 830 g/mol. The van der Waals surface area contributed by atoms with Crippen molar-refractivity contribution in [3.8, 4) is 17.5 Å². The molecule has 4 aromatic rings. The molecule has 0 radical (unpaired) electrons. The Labute approximate surface area is 308 Å². The van der Waals surface area contributed by atoms with Gasteiger partial charge >= 0.3 is 23.6 Å². The summed E-state index contributed by atoms with van der Waals surface area (Å²) >= 11 is 0. The van der Waals surface area contributed by atoms with Gasteiger partial charge in [-0.15, -0.1) is 5.10 Å². The van der Waals surface area contributed by atoms with Gasteiger partial charge in [0.2, 0.25) is 15.7 Å². The van der Waals surface area contributed by atoms with Crippen LogP contribution in [0, 0.1) is 20.2 Å². The summed E-state index contributed by atoms with van der Waals surface area (Å²) in [6.07, 6.45) is -5.76. The largest absolute Gasteiger partial charge is 0.491 e. The van der Waals surface area contributed by atoms with Crippen molar-refractivity contribution in [1.29, 1.82) is 0 Å². The SMILES string of the molecule is CCCN(CCC)c1c([N+](=O)[O-])cc(S(N)(=O)=O)cc1[N+](=O)[O-].COc1cnc(OC)n2nc(NS(=O)(=O)c3c(OCC(F)F)cccc3C(F)(F)F)nc12. The second kappa shape index (κ2) is 17.6. The molecule has 2 aromatic heterocycles. The van der Waals surface area contributed by atoms with E-state index in [0.29, 0.717) is 32.0 Å². The highest BCUT2D eigenvalue weighted by Gasteiger charge is 2.40. The van der Waals surface area contributed by atoms with Gasteiger partial charge in [0.1, 0.15) is 17.3 Å². The summed E-state index contributed by atoms with van der Waals surface area (Å²) in [6, 6.07) is 3.50. The number of hydrogen-bond donors (Lipinski definition) is 2. The number of primary sulfonamides is 1. The average Bonchev–Trinajstić information content (AvgIpc) is 3.51. The highest BCUT2D eigenvalue weighted by atomic mass is 32.2. The van der Waals surface area contributed by atoms with E-state index in [9.17, 15) is 59.0 Å². The summed E-state index contributed by atoms with van der Waals surface area (Å²) in [7, 11) is -6.87. The van der Waals surface area contributed by atoms with E-state index in [4.69, 9.17) is 14.6 Å². The van der Waals surface area contributed by atoms with E-state index in [0.717, 1.165) is 28.8 Å². The standard InChI is InChI=1S/C16H14F5N5O5S.C12H18N4O6S/c1-29-10-6-22-15(30-2)26-13(10)23-14(24-26)25-32(27,28)12-8(16(19,20)21)4-3-5-9(12)31-7-11(17)18;1-3-5-14(6-4-2)12-10(15(17)18)7-9(23(13,21)22)8-11(12)16(19)20/h3-6,11H,7H2,1-2H3,(H,24,25);7-8H,3-6H2,1-2H3,(H2,13,21,22). The maximum Gasteiger partial charge on any atom is 0.417 e. The van der Waals surface area contributed by atoms with Crippen LogP contribution in [0.25, 0.3) is 5.65 Å². The monoisotopic (exact) mass is 829 g/mol.